The average molecular weight is 314 g/mol. The Bertz CT molecular complexity index is 599. The summed E-state index contributed by atoms with van der Waals surface area (Å²) in [6, 6.07) is 4.84. The SMILES string of the molecule is CCOC(=O)CCN(C)S(=O)(=O)c1cc(N)ccc1CC. The molecule has 0 bridgehead atoms. The van der Waals surface area contributed by atoms with E-state index in [0.717, 1.165) is 4.31 Å². The van der Waals surface area contributed by atoms with Crippen LogP contribution in [0.15, 0.2) is 23.1 Å². The Hall–Kier alpha value is -1.60. The largest absolute Gasteiger partial charge is 0.466 e. The topological polar surface area (TPSA) is 89.7 Å². The number of aryl methyl sites for hydroxylation is 1. The van der Waals surface area contributed by atoms with E-state index < -0.39 is 16.0 Å². The molecule has 0 spiro atoms. The van der Waals surface area contributed by atoms with Gasteiger partial charge in [0, 0.05) is 19.3 Å². The number of hydrogen-bond acceptors (Lipinski definition) is 5. The summed E-state index contributed by atoms with van der Waals surface area (Å²) in [6.07, 6.45) is 0.605. The van der Waals surface area contributed by atoms with Crippen LogP contribution >= 0.6 is 0 Å². The molecule has 7 heteroatoms. The van der Waals surface area contributed by atoms with Crippen molar-refractivity contribution in [2.75, 3.05) is 25.9 Å². The molecule has 0 atom stereocenters. The van der Waals surface area contributed by atoms with Crippen molar-refractivity contribution < 1.29 is 17.9 Å². The maximum absolute atomic E-state index is 12.6. The van der Waals surface area contributed by atoms with Crippen molar-refractivity contribution in [1.82, 2.24) is 4.31 Å². The van der Waals surface area contributed by atoms with Crippen LogP contribution in [-0.4, -0.2) is 38.9 Å². The van der Waals surface area contributed by atoms with Crippen molar-refractivity contribution in [2.24, 2.45) is 0 Å². The van der Waals surface area contributed by atoms with Crippen LogP contribution in [0.25, 0.3) is 0 Å². The third-order valence-electron chi connectivity index (χ3n) is 3.10. The molecule has 0 aliphatic heterocycles. The highest BCUT2D eigenvalue weighted by atomic mass is 32.2. The van der Waals surface area contributed by atoms with Crippen LogP contribution in [0, 0.1) is 0 Å². The first-order chi connectivity index (χ1) is 9.82. The Kier molecular flexibility index (Phi) is 6.17. The summed E-state index contributed by atoms with van der Waals surface area (Å²) in [5, 5.41) is 0. The van der Waals surface area contributed by atoms with Crippen LogP contribution in [0.5, 0.6) is 0 Å². The molecule has 0 amide bonds. The van der Waals surface area contributed by atoms with Crippen molar-refractivity contribution in [3.63, 3.8) is 0 Å². The molecule has 0 aromatic heterocycles. The molecule has 1 aromatic rings. The smallest absolute Gasteiger partial charge is 0.307 e. The highest BCUT2D eigenvalue weighted by Gasteiger charge is 2.24. The number of carbonyl (C=O) groups excluding carboxylic acids is 1. The van der Waals surface area contributed by atoms with Crippen molar-refractivity contribution in [3.05, 3.63) is 23.8 Å². The quantitative estimate of drug-likeness (QED) is 0.607. The summed E-state index contributed by atoms with van der Waals surface area (Å²) >= 11 is 0. The zero-order valence-corrected chi connectivity index (χ0v) is 13.4. The molecule has 0 radical (unpaired) electrons. The lowest BCUT2D eigenvalue weighted by molar-refractivity contribution is -0.143. The first-order valence-electron chi connectivity index (χ1n) is 6.83. The lowest BCUT2D eigenvalue weighted by atomic mass is 10.1. The second-order valence-electron chi connectivity index (χ2n) is 4.60. The Morgan fingerprint density at radius 1 is 1.33 bits per heavy atom. The summed E-state index contributed by atoms with van der Waals surface area (Å²) in [7, 11) is -2.23. The zero-order valence-electron chi connectivity index (χ0n) is 12.6. The monoisotopic (exact) mass is 314 g/mol. The van der Waals surface area contributed by atoms with Crippen LogP contribution in [0.3, 0.4) is 0 Å². The highest BCUT2D eigenvalue weighted by Crippen LogP contribution is 2.22. The number of sulfonamides is 1. The Morgan fingerprint density at radius 3 is 2.57 bits per heavy atom. The van der Waals surface area contributed by atoms with E-state index in [0.29, 0.717) is 17.7 Å². The number of nitrogen functional groups attached to an aromatic ring is 1. The van der Waals surface area contributed by atoms with Gasteiger partial charge in [-0.25, -0.2) is 12.7 Å². The van der Waals surface area contributed by atoms with Gasteiger partial charge in [-0.2, -0.15) is 0 Å². The molecule has 0 fully saturated rings. The fraction of sp³-hybridized carbons (Fsp3) is 0.500. The Labute approximate surface area is 125 Å². The Morgan fingerprint density at radius 2 is 2.00 bits per heavy atom. The second-order valence-corrected chi connectivity index (χ2v) is 6.62. The predicted octanol–water partition coefficient (Wildman–Crippen LogP) is 1.40. The first kappa shape index (κ1) is 17.5. The molecule has 21 heavy (non-hydrogen) atoms. The van der Waals surface area contributed by atoms with Crippen LogP contribution < -0.4 is 5.73 Å². The second kappa shape index (κ2) is 7.42. The number of hydrogen-bond donors (Lipinski definition) is 1. The number of benzene rings is 1. The van der Waals surface area contributed by atoms with Crippen LogP contribution in [0.1, 0.15) is 25.8 Å². The lowest BCUT2D eigenvalue weighted by Crippen LogP contribution is -2.30. The van der Waals surface area contributed by atoms with Crippen molar-refractivity contribution in [1.29, 1.82) is 0 Å². The van der Waals surface area contributed by atoms with E-state index in [-0.39, 0.29) is 24.5 Å². The van der Waals surface area contributed by atoms with Gasteiger partial charge in [0.1, 0.15) is 0 Å². The maximum Gasteiger partial charge on any atom is 0.307 e. The molecular formula is C14H22N2O4S. The average Bonchev–Trinajstić information content (AvgIpc) is 2.44. The summed E-state index contributed by atoms with van der Waals surface area (Å²) in [6.45, 7) is 3.94. The van der Waals surface area contributed by atoms with E-state index in [2.05, 4.69) is 0 Å². The normalized spacial score (nSPS) is 11.6. The molecule has 1 aromatic carbocycles. The molecule has 1 rings (SSSR count). The summed E-state index contributed by atoms with van der Waals surface area (Å²) in [4.78, 5) is 11.5. The van der Waals surface area contributed by atoms with Gasteiger partial charge in [-0.15, -0.1) is 0 Å². The molecule has 6 nitrogen and oxygen atoms in total. The molecular weight excluding hydrogens is 292 g/mol. The van der Waals surface area contributed by atoms with E-state index in [1.165, 1.54) is 13.1 Å². The van der Waals surface area contributed by atoms with E-state index in [9.17, 15) is 13.2 Å². The van der Waals surface area contributed by atoms with E-state index >= 15 is 0 Å². The van der Waals surface area contributed by atoms with Gasteiger partial charge in [-0.3, -0.25) is 4.79 Å². The van der Waals surface area contributed by atoms with E-state index in [1.807, 2.05) is 6.92 Å². The molecule has 0 aliphatic carbocycles. The van der Waals surface area contributed by atoms with Gasteiger partial charge in [0.05, 0.1) is 17.9 Å². The van der Waals surface area contributed by atoms with Crippen LogP contribution in [0.2, 0.25) is 0 Å². The fourth-order valence-corrected chi connectivity index (χ4v) is 3.37. The lowest BCUT2D eigenvalue weighted by Gasteiger charge is -2.19. The Balaban J connectivity index is 2.94. The van der Waals surface area contributed by atoms with E-state index in [1.54, 1.807) is 19.1 Å². The van der Waals surface area contributed by atoms with Gasteiger partial charge in [0.25, 0.3) is 0 Å². The number of nitrogens with two attached hydrogens (primary N) is 1. The van der Waals surface area contributed by atoms with Gasteiger partial charge in [-0.1, -0.05) is 13.0 Å². The number of esters is 1. The first-order valence-corrected chi connectivity index (χ1v) is 8.27. The van der Waals surface area contributed by atoms with Crippen molar-refractivity contribution in [2.45, 2.75) is 31.6 Å². The van der Waals surface area contributed by atoms with E-state index in [4.69, 9.17) is 10.5 Å². The number of nitrogens with zero attached hydrogens (tertiary/aromatic N) is 1. The molecule has 0 heterocycles. The van der Waals surface area contributed by atoms with Gasteiger partial charge >= 0.3 is 5.97 Å². The minimum Gasteiger partial charge on any atom is -0.466 e. The number of rotatable bonds is 7. The number of anilines is 1. The van der Waals surface area contributed by atoms with Crippen molar-refractivity contribution >= 4 is 21.7 Å². The van der Waals surface area contributed by atoms with Crippen LogP contribution in [0.4, 0.5) is 5.69 Å². The number of ether oxygens (including phenoxy) is 1. The summed E-state index contributed by atoms with van der Waals surface area (Å²) in [5.41, 5.74) is 6.78. The van der Waals surface area contributed by atoms with Gasteiger partial charge < -0.3 is 10.5 Å². The minimum atomic E-state index is -3.67. The summed E-state index contributed by atoms with van der Waals surface area (Å²) < 4.78 is 31.1. The zero-order chi connectivity index (χ0) is 16.0. The summed E-state index contributed by atoms with van der Waals surface area (Å²) in [5.74, 6) is -0.414. The maximum atomic E-state index is 12.6. The van der Waals surface area contributed by atoms with Gasteiger partial charge in [0.15, 0.2) is 0 Å². The molecule has 0 aliphatic rings. The molecule has 2 N–H and O–H groups in total. The van der Waals surface area contributed by atoms with Gasteiger partial charge in [-0.05, 0) is 31.0 Å². The van der Waals surface area contributed by atoms with Crippen molar-refractivity contribution in [3.8, 4) is 0 Å². The molecule has 118 valence electrons. The van der Waals surface area contributed by atoms with Crippen LogP contribution in [-0.2, 0) is 26.0 Å². The molecule has 0 unspecified atom stereocenters. The number of carbonyl (C=O) groups is 1. The molecule has 0 saturated carbocycles. The third-order valence-corrected chi connectivity index (χ3v) is 5.04. The standard InChI is InChI=1S/C14H22N2O4S/c1-4-11-6-7-12(15)10-13(11)21(18,19)16(3)9-8-14(17)20-5-2/h6-7,10H,4-5,8-9,15H2,1-3H3. The predicted molar refractivity (Wildman–Crippen MR) is 81.3 cm³/mol. The minimum absolute atomic E-state index is 0.0212. The fourth-order valence-electron chi connectivity index (χ4n) is 1.87. The molecule has 0 saturated heterocycles. The third kappa shape index (κ3) is 4.44. The van der Waals surface area contributed by atoms with Gasteiger partial charge in [0.2, 0.25) is 10.0 Å². The highest BCUT2D eigenvalue weighted by molar-refractivity contribution is 7.89.